The second-order valence-electron chi connectivity index (χ2n) is 7.75. The minimum absolute atomic E-state index is 0.0513. The van der Waals surface area contributed by atoms with Crippen molar-refractivity contribution in [1.82, 2.24) is 15.1 Å². The van der Waals surface area contributed by atoms with Crippen LogP contribution in [0.5, 0.6) is 17.2 Å². The highest BCUT2D eigenvalue weighted by molar-refractivity contribution is 7.09. The van der Waals surface area contributed by atoms with Crippen LogP contribution in [0.4, 0.5) is 0 Å². The first kappa shape index (κ1) is 23.1. The molecule has 1 amide bonds. The number of hydrogen-bond donors (Lipinski definition) is 1. The number of carbonyl (C=O) groups excluding carboxylic acids is 1. The van der Waals surface area contributed by atoms with E-state index < -0.39 is 0 Å². The van der Waals surface area contributed by atoms with Crippen molar-refractivity contribution >= 4 is 17.2 Å². The fraction of sp³-hybridized carbons (Fsp3) is 0.417. The van der Waals surface area contributed by atoms with Crippen molar-refractivity contribution < 1.29 is 23.7 Å². The minimum Gasteiger partial charge on any atom is -0.493 e. The van der Waals surface area contributed by atoms with E-state index in [1.54, 1.807) is 38.7 Å². The summed E-state index contributed by atoms with van der Waals surface area (Å²) in [6.07, 6.45) is 2.50. The molecule has 176 valence electrons. The maximum Gasteiger partial charge on any atom is 0.272 e. The topological polar surface area (TPSA) is 85.9 Å². The quantitative estimate of drug-likeness (QED) is 0.507. The second-order valence-corrected chi connectivity index (χ2v) is 8.78. The van der Waals surface area contributed by atoms with Crippen molar-refractivity contribution in [2.45, 2.75) is 25.3 Å². The predicted molar refractivity (Wildman–Crippen MR) is 127 cm³/mol. The molecule has 0 bridgehead atoms. The fourth-order valence-corrected chi connectivity index (χ4v) is 4.79. The van der Waals surface area contributed by atoms with Crippen molar-refractivity contribution in [2.75, 3.05) is 41.1 Å². The van der Waals surface area contributed by atoms with Crippen LogP contribution in [-0.2, 0) is 11.2 Å². The van der Waals surface area contributed by atoms with E-state index in [0.717, 1.165) is 24.8 Å². The fourth-order valence-electron chi connectivity index (χ4n) is 4.10. The number of thiophene rings is 1. The molecule has 0 atom stereocenters. The number of amides is 1. The Kier molecular flexibility index (Phi) is 7.51. The van der Waals surface area contributed by atoms with Gasteiger partial charge >= 0.3 is 0 Å². The van der Waals surface area contributed by atoms with Crippen LogP contribution in [0.2, 0.25) is 0 Å². The molecule has 1 aliphatic rings. The maximum absolute atomic E-state index is 13.5. The molecule has 1 aliphatic heterocycles. The standard InChI is InChI=1S/C24H29N3O5S/c1-29-21-13-16(14-22(30-2)23(21)31-3)19-15-20(26-25-19)24(28)27(17-7-10-32-11-8-17)9-6-18-5-4-12-33-18/h4-5,12-15,17H,6-11H2,1-3H3,(H,25,26). The highest BCUT2D eigenvalue weighted by atomic mass is 32.1. The Labute approximate surface area is 197 Å². The molecule has 0 aliphatic carbocycles. The maximum atomic E-state index is 13.5. The lowest BCUT2D eigenvalue weighted by molar-refractivity contribution is 0.0290. The van der Waals surface area contributed by atoms with Crippen LogP contribution in [-0.4, -0.2) is 68.1 Å². The number of methoxy groups -OCH3 is 3. The van der Waals surface area contributed by atoms with Crippen LogP contribution in [0.1, 0.15) is 28.2 Å². The molecule has 0 unspecified atom stereocenters. The number of hydrogen-bond acceptors (Lipinski definition) is 7. The lowest BCUT2D eigenvalue weighted by Crippen LogP contribution is -2.44. The average molecular weight is 472 g/mol. The lowest BCUT2D eigenvalue weighted by atomic mass is 10.1. The van der Waals surface area contributed by atoms with Gasteiger partial charge in [0.2, 0.25) is 5.75 Å². The number of benzene rings is 1. The van der Waals surface area contributed by atoms with Crippen molar-refractivity contribution in [3.8, 4) is 28.5 Å². The van der Waals surface area contributed by atoms with E-state index in [1.165, 1.54) is 4.88 Å². The van der Waals surface area contributed by atoms with Gasteiger partial charge in [-0.2, -0.15) is 5.10 Å². The van der Waals surface area contributed by atoms with Gasteiger partial charge in [-0.05, 0) is 48.9 Å². The first-order valence-corrected chi connectivity index (χ1v) is 11.8. The van der Waals surface area contributed by atoms with Crippen LogP contribution in [0.3, 0.4) is 0 Å². The van der Waals surface area contributed by atoms with Crippen LogP contribution >= 0.6 is 11.3 Å². The highest BCUT2D eigenvalue weighted by Crippen LogP contribution is 2.41. The van der Waals surface area contributed by atoms with Gasteiger partial charge in [-0.15, -0.1) is 11.3 Å². The van der Waals surface area contributed by atoms with Gasteiger partial charge in [0.05, 0.1) is 27.0 Å². The summed E-state index contributed by atoms with van der Waals surface area (Å²) in [5.74, 6) is 1.52. The second kappa shape index (κ2) is 10.7. The first-order valence-electron chi connectivity index (χ1n) is 10.9. The third-order valence-electron chi connectivity index (χ3n) is 5.84. The minimum atomic E-state index is -0.0513. The molecule has 3 heterocycles. The summed E-state index contributed by atoms with van der Waals surface area (Å²) >= 11 is 1.71. The van der Waals surface area contributed by atoms with E-state index in [9.17, 15) is 4.79 Å². The van der Waals surface area contributed by atoms with E-state index in [2.05, 4.69) is 21.6 Å². The van der Waals surface area contributed by atoms with E-state index in [1.807, 2.05) is 23.1 Å². The summed E-state index contributed by atoms with van der Waals surface area (Å²) in [5.41, 5.74) is 1.84. The molecular formula is C24H29N3O5S. The summed E-state index contributed by atoms with van der Waals surface area (Å²) in [6.45, 7) is 2.00. The van der Waals surface area contributed by atoms with Crippen LogP contribution in [0.25, 0.3) is 11.3 Å². The molecule has 9 heteroatoms. The average Bonchev–Trinajstić information content (AvgIpc) is 3.56. The van der Waals surface area contributed by atoms with E-state index >= 15 is 0 Å². The van der Waals surface area contributed by atoms with Crippen LogP contribution < -0.4 is 14.2 Å². The summed E-state index contributed by atoms with van der Waals surface area (Å²) in [6, 6.07) is 9.71. The molecule has 1 fully saturated rings. The van der Waals surface area contributed by atoms with Crippen molar-refractivity contribution in [3.05, 3.63) is 46.3 Å². The van der Waals surface area contributed by atoms with Crippen LogP contribution in [0.15, 0.2) is 35.7 Å². The predicted octanol–water partition coefficient (Wildman–Crippen LogP) is 4.03. The largest absolute Gasteiger partial charge is 0.493 e. The number of H-pyrrole nitrogens is 1. The third-order valence-corrected chi connectivity index (χ3v) is 6.78. The Morgan fingerprint density at radius 3 is 2.48 bits per heavy atom. The molecule has 1 saturated heterocycles. The number of ether oxygens (including phenoxy) is 4. The van der Waals surface area contributed by atoms with Gasteiger partial charge in [-0.3, -0.25) is 9.89 Å². The zero-order valence-corrected chi connectivity index (χ0v) is 19.9. The number of aromatic nitrogens is 2. The molecule has 0 saturated carbocycles. The number of rotatable bonds is 9. The Balaban J connectivity index is 1.59. The van der Waals surface area contributed by atoms with Gasteiger partial charge in [0.1, 0.15) is 5.69 Å². The Bertz CT molecular complexity index is 1030. The molecule has 33 heavy (non-hydrogen) atoms. The van der Waals surface area contributed by atoms with Crippen molar-refractivity contribution in [1.29, 1.82) is 0 Å². The zero-order valence-electron chi connectivity index (χ0n) is 19.1. The smallest absolute Gasteiger partial charge is 0.272 e. The Hall–Kier alpha value is -3.04. The van der Waals surface area contributed by atoms with Gasteiger partial charge in [-0.1, -0.05) is 6.07 Å². The van der Waals surface area contributed by atoms with Crippen LogP contribution in [0, 0.1) is 0 Å². The number of nitrogens with one attached hydrogen (secondary N) is 1. The summed E-state index contributed by atoms with van der Waals surface area (Å²) in [7, 11) is 4.70. The first-order chi connectivity index (χ1) is 16.1. The molecule has 0 spiro atoms. The number of nitrogens with zero attached hydrogens (tertiary/aromatic N) is 2. The zero-order chi connectivity index (χ0) is 23.2. The highest BCUT2D eigenvalue weighted by Gasteiger charge is 2.28. The summed E-state index contributed by atoms with van der Waals surface area (Å²) in [5, 5.41) is 9.41. The molecule has 0 radical (unpaired) electrons. The third kappa shape index (κ3) is 5.15. The van der Waals surface area contributed by atoms with E-state index in [4.69, 9.17) is 18.9 Å². The summed E-state index contributed by atoms with van der Waals surface area (Å²) in [4.78, 5) is 16.8. The molecule has 1 aromatic carbocycles. The van der Waals surface area contributed by atoms with E-state index in [0.29, 0.717) is 48.4 Å². The van der Waals surface area contributed by atoms with Gasteiger partial charge < -0.3 is 23.8 Å². The number of carbonyl (C=O) groups is 1. The Morgan fingerprint density at radius 2 is 1.88 bits per heavy atom. The number of aromatic amines is 1. The Morgan fingerprint density at radius 1 is 1.15 bits per heavy atom. The monoisotopic (exact) mass is 471 g/mol. The van der Waals surface area contributed by atoms with E-state index in [-0.39, 0.29) is 11.9 Å². The SMILES string of the molecule is COc1cc(-c2cc(C(=O)N(CCc3cccs3)C3CCOCC3)[nH]n2)cc(OC)c1OC. The van der Waals surface area contributed by atoms with Gasteiger partial charge in [0.15, 0.2) is 11.5 Å². The lowest BCUT2D eigenvalue weighted by Gasteiger charge is -2.34. The molecular weight excluding hydrogens is 442 g/mol. The normalized spacial score (nSPS) is 14.2. The van der Waals surface area contributed by atoms with Gasteiger partial charge in [0.25, 0.3) is 5.91 Å². The van der Waals surface area contributed by atoms with Crippen molar-refractivity contribution in [2.24, 2.45) is 0 Å². The molecule has 3 aromatic rings. The van der Waals surface area contributed by atoms with Gasteiger partial charge in [-0.25, -0.2) is 0 Å². The summed E-state index contributed by atoms with van der Waals surface area (Å²) < 4.78 is 21.8. The molecule has 4 rings (SSSR count). The molecule has 1 N–H and O–H groups in total. The van der Waals surface area contributed by atoms with Crippen molar-refractivity contribution in [3.63, 3.8) is 0 Å². The molecule has 2 aromatic heterocycles. The van der Waals surface area contributed by atoms with Gasteiger partial charge in [0, 0.05) is 36.2 Å². The molecule has 8 nitrogen and oxygen atoms in total.